The van der Waals surface area contributed by atoms with Gasteiger partial charge in [0, 0.05) is 6.42 Å². The Morgan fingerprint density at radius 2 is 1.64 bits per heavy atom. The Bertz CT molecular complexity index is 670. The summed E-state index contributed by atoms with van der Waals surface area (Å²) < 4.78 is 20.6. The predicted molar refractivity (Wildman–Crippen MR) is 132 cm³/mol. The number of phosphoric acid groups is 1. The summed E-state index contributed by atoms with van der Waals surface area (Å²) in [5.41, 5.74) is 0.829. The molecule has 1 amide bonds. The Balaban J connectivity index is 2.06. The zero-order valence-electron chi connectivity index (χ0n) is 20.3. The highest BCUT2D eigenvalue weighted by molar-refractivity contribution is 7.46. The molecule has 0 spiro atoms. The molecule has 0 bridgehead atoms. The number of rotatable bonds is 21. The number of phosphoric ester groups is 1. The number of unbranched alkanes of at least 4 members (excludes halogenated alkanes) is 11. The van der Waals surface area contributed by atoms with Crippen molar-refractivity contribution in [3.63, 3.8) is 0 Å². The largest absolute Gasteiger partial charge is 0.472 e. The minimum atomic E-state index is -4.59. The first kappa shape index (κ1) is 29.6. The van der Waals surface area contributed by atoms with Crippen LogP contribution in [0.4, 0.5) is 0 Å². The summed E-state index contributed by atoms with van der Waals surface area (Å²) in [6.07, 6.45) is 24.1. The van der Waals surface area contributed by atoms with E-state index < -0.39 is 13.9 Å². The second kappa shape index (κ2) is 19.0. The van der Waals surface area contributed by atoms with Crippen LogP contribution in [0.5, 0.6) is 0 Å². The van der Waals surface area contributed by atoms with Crippen LogP contribution in [0.15, 0.2) is 35.2 Å². The van der Waals surface area contributed by atoms with Crippen LogP contribution in [0.25, 0.3) is 0 Å². The zero-order valence-corrected chi connectivity index (χ0v) is 21.1. The molecule has 0 radical (unpaired) electrons. The van der Waals surface area contributed by atoms with Crippen molar-refractivity contribution in [2.24, 2.45) is 0 Å². The van der Waals surface area contributed by atoms with Crippen molar-refractivity contribution in [3.8, 4) is 0 Å². The first-order chi connectivity index (χ1) is 15.9. The van der Waals surface area contributed by atoms with Gasteiger partial charge in [-0.1, -0.05) is 70.4 Å². The highest BCUT2D eigenvalue weighted by Gasteiger charge is 2.20. The van der Waals surface area contributed by atoms with Gasteiger partial charge in [-0.05, 0) is 50.2 Å². The molecule has 1 aromatic heterocycles. The number of nitrogens with one attached hydrogen (secondary N) is 1. The number of hydrogen-bond donors (Lipinski definition) is 3. The lowest BCUT2D eigenvalue weighted by Crippen LogP contribution is -2.39. The van der Waals surface area contributed by atoms with E-state index in [4.69, 9.17) is 14.2 Å². The number of carbonyl (C=O) groups excluding carboxylic acids is 1. The monoisotopic (exact) mass is 485 g/mol. The van der Waals surface area contributed by atoms with Gasteiger partial charge in [0.15, 0.2) is 0 Å². The Labute approximate surface area is 199 Å². The molecule has 190 valence electrons. The Morgan fingerprint density at radius 1 is 1.03 bits per heavy atom. The average molecular weight is 486 g/mol. The summed E-state index contributed by atoms with van der Waals surface area (Å²) >= 11 is 0. The second-order valence-electron chi connectivity index (χ2n) is 8.72. The number of carbonyl (C=O) groups is 1. The van der Waals surface area contributed by atoms with Crippen molar-refractivity contribution in [1.29, 1.82) is 0 Å². The summed E-state index contributed by atoms with van der Waals surface area (Å²) in [4.78, 5) is 30.1. The molecule has 1 heterocycles. The first-order valence-electron chi connectivity index (χ1n) is 12.6. The molecule has 0 aliphatic carbocycles. The summed E-state index contributed by atoms with van der Waals surface area (Å²) in [6, 6.07) is 1.23. The standard InChI is InChI=1S/C25H44NO6P/c1-2-3-4-5-6-7-8-9-10-11-12-13-14-15-16-17-25(27)26-24(22-32-33(28,29)30)20-23-18-19-31-21-23/h9-10,18-19,21,24H,2-8,11-17,20,22H2,1H3,(H,26,27)(H2,28,29,30)/t24-/m1/s1. The molecular formula is C25H44NO6P. The number of amides is 1. The Hall–Kier alpha value is -1.40. The third-order valence-electron chi connectivity index (χ3n) is 5.54. The average Bonchev–Trinajstić information content (AvgIpc) is 3.27. The van der Waals surface area contributed by atoms with Crippen LogP contribution in [0, 0.1) is 0 Å². The van der Waals surface area contributed by atoms with Crippen molar-refractivity contribution < 1.29 is 28.1 Å². The zero-order chi connectivity index (χ0) is 24.2. The van der Waals surface area contributed by atoms with Crippen molar-refractivity contribution >= 4 is 13.7 Å². The van der Waals surface area contributed by atoms with E-state index in [1.54, 1.807) is 12.3 Å². The molecule has 7 nitrogen and oxygen atoms in total. The van der Waals surface area contributed by atoms with Gasteiger partial charge in [-0.15, -0.1) is 0 Å². The topological polar surface area (TPSA) is 109 Å². The molecule has 0 saturated carbocycles. The molecule has 0 saturated heterocycles. The fraction of sp³-hybridized carbons (Fsp3) is 0.720. The van der Waals surface area contributed by atoms with Gasteiger partial charge >= 0.3 is 7.82 Å². The van der Waals surface area contributed by atoms with Gasteiger partial charge in [-0.25, -0.2) is 4.57 Å². The molecule has 1 aromatic rings. The molecule has 0 aromatic carbocycles. The minimum Gasteiger partial charge on any atom is -0.472 e. The van der Waals surface area contributed by atoms with E-state index in [0.717, 1.165) is 31.2 Å². The highest BCUT2D eigenvalue weighted by Crippen LogP contribution is 2.35. The second-order valence-corrected chi connectivity index (χ2v) is 9.96. The van der Waals surface area contributed by atoms with Crippen molar-refractivity contribution in [2.45, 2.75) is 109 Å². The van der Waals surface area contributed by atoms with Crippen LogP contribution in [0.1, 0.15) is 102 Å². The summed E-state index contributed by atoms with van der Waals surface area (Å²) in [5.74, 6) is -0.129. The molecule has 0 aliphatic heterocycles. The van der Waals surface area contributed by atoms with Crippen LogP contribution in [0.3, 0.4) is 0 Å². The van der Waals surface area contributed by atoms with Crippen LogP contribution in [0.2, 0.25) is 0 Å². The maximum Gasteiger partial charge on any atom is 0.469 e. The molecule has 1 rings (SSSR count). The molecule has 1 atom stereocenters. The quantitative estimate of drug-likeness (QED) is 0.105. The molecule has 0 unspecified atom stereocenters. The highest BCUT2D eigenvalue weighted by atomic mass is 31.2. The van der Waals surface area contributed by atoms with Crippen molar-refractivity contribution in [3.05, 3.63) is 36.3 Å². The van der Waals surface area contributed by atoms with Gasteiger partial charge in [-0.3, -0.25) is 9.32 Å². The Morgan fingerprint density at radius 3 is 2.21 bits per heavy atom. The third kappa shape index (κ3) is 18.7. The molecule has 0 aliphatic rings. The Kier molecular flexibility index (Phi) is 17.0. The summed E-state index contributed by atoms with van der Waals surface area (Å²) in [6.45, 7) is 1.99. The van der Waals surface area contributed by atoms with Gasteiger partial charge in [0.1, 0.15) is 0 Å². The van der Waals surface area contributed by atoms with E-state index in [1.807, 2.05) is 0 Å². The lowest BCUT2D eigenvalue weighted by Gasteiger charge is -2.18. The normalized spacial score (nSPS) is 12.9. The van der Waals surface area contributed by atoms with E-state index >= 15 is 0 Å². The van der Waals surface area contributed by atoms with E-state index in [9.17, 15) is 9.36 Å². The smallest absolute Gasteiger partial charge is 0.469 e. The van der Waals surface area contributed by atoms with Gasteiger partial charge in [0.2, 0.25) is 5.91 Å². The molecule has 0 fully saturated rings. The van der Waals surface area contributed by atoms with E-state index in [-0.39, 0.29) is 12.5 Å². The number of furan rings is 1. The van der Waals surface area contributed by atoms with E-state index in [0.29, 0.717) is 12.8 Å². The summed E-state index contributed by atoms with van der Waals surface area (Å²) in [7, 11) is -4.59. The maximum atomic E-state index is 12.2. The fourth-order valence-electron chi connectivity index (χ4n) is 3.69. The van der Waals surface area contributed by atoms with E-state index in [1.165, 1.54) is 64.1 Å². The number of allylic oxidation sites excluding steroid dienone is 2. The molecule has 8 heteroatoms. The predicted octanol–water partition coefficient (Wildman–Crippen LogP) is 6.45. The SMILES string of the molecule is CCCCCCCCC=CCCCCCCCC(=O)N[C@@H](COP(=O)(O)O)Cc1ccoc1. The van der Waals surface area contributed by atoms with Gasteiger partial charge < -0.3 is 19.5 Å². The van der Waals surface area contributed by atoms with Crippen LogP contribution >= 0.6 is 7.82 Å². The lowest BCUT2D eigenvalue weighted by atomic mass is 10.1. The maximum absolute atomic E-state index is 12.2. The fourth-order valence-corrected chi connectivity index (χ4v) is 4.06. The van der Waals surface area contributed by atoms with Gasteiger partial charge in [-0.2, -0.15) is 0 Å². The van der Waals surface area contributed by atoms with Crippen molar-refractivity contribution in [2.75, 3.05) is 6.61 Å². The van der Waals surface area contributed by atoms with Crippen LogP contribution in [-0.2, 0) is 20.3 Å². The lowest BCUT2D eigenvalue weighted by molar-refractivity contribution is -0.122. The first-order valence-corrected chi connectivity index (χ1v) is 14.1. The van der Waals surface area contributed by atoms with Gasteiger partial charge in [0.25, 0.3) is 0 Å². The molecular weight excluding hydrogens is 441 g/mol. The number of hydrogen-bond acceptors (Lipinski definition) is 4. The molecule has 33 heavy (non-hydrogen) atoms. The van der Waals surface area contributed by atoms with Gasteiger partial charge in [0.05, 0.1) is 25.2 Å². The minimum absolute atomic E-state index is 0.129. The third-order valence-corrected chi connectivity index (χ3v) is 6.02. The van der Waals surface area contributed by atoms with E-state index in [2.05, 4.69) is 28.9 Å². The van der Waals surface area contributed by atoms with Crippen LogP contribution < -0.4 is 5.32 Å². The molecule has 3 N–H and O–H groups in total. The van der Waals surface area contributed by atoms with Crippen molar-refractivity contribution in [1.82, 2.24) is 5.32 Å². The summed E-state index contributed by atoms with van der Waals surface area (Å²) in [5, 5.41) is 2.82. The van der Waals surface area contributed by atoms with Crippen LogP contribution in [-0.4, -0.2) is 28.3 Å².